The van der Waals surface area contributed by atoms with Crippen molar-refractivity contribution in [1.82, 2.24) is 9.78 Å². The molecule has 0 amide bonds. The van der Waals surface area contributed by atoms with Crippen LogP contribution >= 0.6 is 11.6 Å². The van der Waals surface area contributed by atoms with Crippen molar-refractivity contribution >= 4 is 17.4 Å². The van der Waals surface area contributed by atoms with Crippen molar-refractivity contribution in [2.45, 2.75) is 13.8 Å². The Morgan fingerprint density at radius 1 is 1.25 bits per heavy atom. The molecule has 1 heterocycles. The lowest BCUT2D eigenvalue weighted by Crippen LogP contribution is -1.96. The summed E-state index contributed by atoms with van der Waals surface area (Å²) in [4.78, 5) is 0. The first-order chi connectivity index (χ1) is 7.49. The zero-order valence-corrected chi connectivity index (χ0v) is 10.3. The van der Waals surface area contributed by atoms with E-state index < -0.39 is 0 Å². The number of hydrogen-bond donors (Lipinski definition) is 1. The van der Waals surface area contributed by atoms with Crippen LogP contribution in [0.15, 0.2) is 18.2 Å². The van der Waals surface area contributed by atoms with Crippen LogP contribution in [0.25, 0.3) is 11.3 Å². The predicted molar refractivity (Wildman–Crippen MR) is 67.5 cm³/mol. The number of halogens is 1. The highest BCUT2D eigenvalue weighted by atomic mass is 35.5. The van der Waals surface area contributed by atoms with Crippen LogP contribution in [0.2, 0.25) is 5.02 Å². The van der Waals surface area contributed by atoms with E-state index >= 15 is 0 Å². The van der Waals surface area contributed by atoms with Crippen LogP contribution in [0, 0.1) is 13.8 Å². The van der Waals surface area contributed by atoms with Crippen LogP contribution in [-0.2, 0) is 7.05 Å². The summed E-state index contributed by atoms with van der Waals surface area (Å²) >= 11 is 6.15. The van der Waals surface area contributed by atoms with E-state index in [1.807, 2.05) is 33.0 Å². The first-order valence-corrected chi connectivity index (χ1v) is 5.43. The molecule has 0 unspecified atom stereocenters. The van der Waals surface area contributed by atoms with Gasteiger partial charge in [-0.25, -0.2) is 0 Å². The normalized spacial score (nSPS) is 10.8. The quantitative estimate of drug-likeness (QED) is 0.826. The highest BCUT2D eigenvalue weighted by Gasteiger charge is 2.08. The Morgan fingerprint density at radius 2 is 1.94 bits per heavy atom. The molecular formula is C12H14ClN3. The number of benzene rings is 1. The molecular weight excluding hydrogens is 222 g/mol. The molecule has 3 nitrogen and oxygen atoms in total. The number of aryl methyl sites for hydroxylation is 2. The van der Waals surface area contributed by atoms with Crippen LogP contribution in [0.1, 0.15) is 11.1 Å². The zero-order valence-electron chi connectivity index (χ0n) is 9.58. The van der Waals surface area contributed by atoms with Crippen LogP contribution < -0.4 is 5.73 Å². The highest BCUT2D eigenvalue weighted by Crippen LogP contribution is 2.27. The molecule has 0 aliphatic carbocycles. The minimum absolute atomic E-state index is 0.643. The number of aromatic nitrogens is 2. The fourth-order valence-corrected chi connectivity index (χ4v) is 1.85. The molecule has 4 heteroatoms. The van der Waals surface area contributed by atoms with Crippen LogP contribution in [0.4, 0.5) is 5.82 Å². The summed E-state index contributed by atoms with van der Waals surface area (Å²) < 4.78 is 1.65. The van der Waals surface area contributed by atoms with E-state index in [-0.39, 0.29) is 0 Å². The molecule has 0 fully saturated rings. The summed E-state index contributed by atoms with van der Waals surface area (Å²) in [7, 11) is 1.82. The molecule has 0 spiro atoms. The number of nitrogens with zero attached hydrogens (tertiary/aromatic N) is 2. The Bertz CT molecular complexity index is 501. The first kappa shape index (κ1) is 11.0. The average Bonchev–Trinajstić information content (AvgIpc) is 2.55. The molecule has 0 atom stereocenters. The number of nitrogens with two attached hydrogens (primary N) is 1. The maximum atomic E-state index is 6.15. The van der Waals surface area contributed by atoms with Crippen molar-refractivity contribution in [2.75, 3.05) is 5.73 Å². The molecule has 1 aromatic carbocycles. The van der Waals surface area contributed by atoms with Gasteiger partial charge in [0.25, 0.3) is 0 Å². The summed E-state index contributed by atoms with van der Waals surface area (Å²) in [6.45, 7) is 4.05. The van der Waals surface area contributed by atoms with Crippen molar-refractivity contribution in [3.05, 3.63) is 34.3 Å². The van der Waals surface area contributed by atoms with E-state index in [4.69, 9.17) is 17.3 Å². The Labute approximate surface area is 99.8 Å². The lowest BCUT2D eigenvalue weighted by Gasteiger charge is -2.05. The van der Waals surface area contributed by atoms with Crippen LogP contribution in [0.5, 0.6) is 0 Å². The molecule has 0 bridgehead atoms. The first-order valence-electron chi connectivity index (χ1n) is 5.05. The molecule has 2 rings (SSSR count). The zero-order chi connectivity index (χ0) is 11.9. The predicted octanol–water partition coefficient (Wildman–Crippen LogP) is 2.94. The number of hydrogen-bond acceptors (Lipinski definition) is 2. The Morgan fingerprint density at radius 3 is 2.44 bits per heavy atom. The molecule has 0 saturated heterocycles. The minimum atomic E-state index is 0.643. The van der Waals surface area contributed by atoms with E-state index in [1.165, 1.54) is 0 Å². The van der Waals surface area contributed by atoms with Gasteiger partial charge >= 0.3 is 0 Å². The second-order valence-corrected chi connectivity index (χ2v) is 4.39. The molecule has 0 radical (unpaired) electrons. The van der Waals surface area contributed by atoms with Crippen molar-refractivity contribution in [3.8, 4) is 11.3 Å². The lowest BCUT2D eigenvalue weighted by atomic mass is 10.0. The summed E-state index contributed by atoms with van der Waals surface area (Å²) in [5.74, 6) is 0.643. The smallest absolute Gasteiger partial charge is 0.121 e. The number of rotatable bonds is 1. The summed E-state index contributed by atoms with van der Waals surface area (Å²) in [6.07, 6.45) is 0. The van der Waals surface area contributed by atoms with Gasteiger partial charge in [-0.1, -0.05) is 11.6 Å². The fraction of sp³-hybridized carbons (Fsp3) is 0.250. The molecule has 16 heavy (non-hydrogen) atoms. The van der Waals surface area contributed by atoms with Gasteiger partial charge in [0.15, 0.2) is 0 Å². The van der Waals surface area contributed by atoms with Crippen molar-refractivity contribution in [3.63, 3.8) is 0 Å². The van der Waals surface area contributed by atoms with E-state index in [0.29, 0.717) is 5.82 Å². The maximum absolute atomic E-state index is 6.15. The molecule has 1 aromatic heterocycles. The molecule has 0 saturated carbocycles. The third-order valence-corrected chi connectivity index (χ3v) is 3.21. The van der Waals surface area contributed by atoms with Gasteiger partial charge in [-0.3, -0.25) is 4.68 Å². The Balaban J connectivity index is 2.56. The Hall–Kier alpha value is -1.48. The summed E-state index contributed by atoms with van der Waals surface area (Å²) in [5, 5.41) is 5.09. The topological polar surface area (TPSA) is 43.8 Å². The van der Waals surface area contributed by atoms with Gasteiger partial charge in [0.2, 0.25) is 0 Å². The van der Waals surface area contributed by atoms with Crippen molar-refractivity contribution in [1.29, 1.82) is 0 Å². The third-order valence-electron chi connectivity index (χ3n) is 2.82. The highest BCUT2D eigenvalue weighted by molar-refractivity contribution is 6.31. The molecule has 84 valence electrons. The van der Waals surface area contributed by atoms with E-state index in [0.717, 1.165) is 27.4 Å². The molecule has 2 N–H and O–H groups in total. The summed E-state index contributed by atoms with van der Waals surface area (Å²) in [6, 6.07) is 5.84. The summed E-state index contributed by atoms with van der Waals surface area (Å²) in [5.41, 5.74) is 9.87. The molecule has 0 aliphatic heterocycles. The number of nitrogen functional groups attached to an aromatic ring is 1. The van der Waals surface area contributed by atoms with Gasteiger partial charge in [0.1, 0.15) is 5.82 Å². The van der Waals surface area contributed by atoms with E-state index in [2.05, 4.69) is 11.2 Å². The van der Waals surface area contributed by atoms with Crippen molar-refractivity contribution in [2.24, 2.45) is 7.05 Å². The van der Waals surface area contributed by atoms with Crippen molar-refractivity contribution < 1.29 is 0 Å². The SMILES string of the molecule is Cc1cc(-c2cc(N)n(C)n2)cc(Cl)c1C. The van der Waals surface area contributed by atoms with E-state index in [9.17, 15) is 0 Å². The van der Waals surface area contributed by atoms with Gasteiger partial charge < -0.3 is 5.73 Å². The van der Waals surface area contributed by atoms with Gasteiger partial charge in [-0.15, -0.1) is 0 Å². The second-order valence-electron chi connectivity index (χ2n) is 3.98. The standard InChI is InChI=1S/C12H14ClN3/c1-7-4-9(5-10(13)8(7)2)11-6-12(14)16(3)15-11/h4-6H,14H2,1-3H3. The largest absolute Gasteiger partial charge is 0.384 e. The lowest BCUT2D eigenvalue weighted by molar-refractivity contribution is 0.782. The van der Waals surface area contributed by atoms with Gasteiger partial charge in [0.05, 0.1) is 5.69 Å². The maximum Gasteiger partial charge on any atom is 0.121 e. The molecule has 2 aromatic rings. The average molecular weight is 236 g/mol. The molecule has 0 aliphatic rings. The minimum Gasteiger partial charge on any atom is -0.384 e. The Kier molecular flexibility index (Phi) is 2.64. The van der Waals surface area contributed by atoms with Crippen LogP contribution in [-0.4, -0.2) is 9.78 Å². The monoisotopic (exact) mass is 235 g/mol. The number of anilines is 1. The third kappa shape index (κ3) is 1.78. The van der Waals surface area contributed by atoms with Gasteiger partial charge in [-0.05, 0) is 37.1 Å². The second kappa shape index (κ2) is 3.83. The van der Waals surface area contributed by atoms with Gasteiger partial charge in [-0.2, -0.15) is 5.10 Å². The van der Waals surface area contributed by atoms with Gasteiger partial charge in [0, 0.05) is 23.7 Å². The van der Waals surface area contributed by atoms with Crippen LogP contribution in [0.3, 0.4) is 0 Å². The van der Waals surface area contributed by atoms with E-state index in [1.54, 1.807) is 4.68 Å². The fourth-order valence-electron chi connectivity index (χ4n) is 1.59.